The molecule has 2 aliphatic heterocycles. The van der Waals surface area contributed by atoms with E-state index in [0.29, 0.717) is 23.7 Å². The van der Waals surface area contributed by atoms with Gasteiger partial charge in [0.2, 0.25) is 0 Å². The quantitative estimate of drug-likeness (QED) is 0.575. The molecule has 1 amide bonds. The van der Waals surface area contributed by atoms with Gasteiger partial charge in [-0.1, -0.05) is 13.3 Å². The summed E-state index contributed by atoms with van der Waals surface area (Å²) in [6.45, 7) is 8.75. The number of anilines is 1. The van der Waals surface area contributed by atoms with E-state index in [0.717, 1.165) is 75.7 Å². The van der Waals surface area contributed by atoms with Crippen molar-refractivity contribution in [2.24, 2.45) is 11.8 Å². The predicted molar refractivity (Wildman–Crippen MR) is 144 cm³/mol. The number of hydrogen-bond acceptors (Lipinski definition) is 6. The minimum Gasteiger partial charge on any atom is -0.369 e. The van der Waals surface area contributed by atoms with Crippen LogP contribution in [0.5, 0.6) is 0 Å². The molecule has 3 heterocycles. The zero-order valence-corrected chi connectivity index (χ0v) is 22.9. The van der Waals surface area contributed by atoms with Gasteiger partial charge in [-0.2, -0.15) is 0 Å². The van der Waals surface area contributed by atoms with Gasteiger partial charge < -0.3 is 15.1 Å². The molecule has 8 nitrogen and oxygen atoms in total. The fraction of sp³-hybridized carbons (Fsp3) is 0.769. The maximum atomic E-state index is 13.3. The lowest BCUT2D eigenvalue weighted by atomic mass is 9.97. The highest BCUT2D eigenvalue weighted by Crippen LogP contribution is 2.31. The Labute approximate surface area is 212 Å². The molecule has 196 valence electrons. The van der Waals surface area contributed by atoms with Crippen LogP contribution in [0.2, 0.25) is 0 Å². The molecule has 1 aromatic heterocycles. The van der Waals surface area contributed by atoms with Crippen LogP contribution in [0.1, 0.15) is 67.9 Å². The standard InChI is InChI=1S/C26H44N6O2S/c1-19-6-7-21(16-19)17-27-25-20(2)24(28-18-29-25)26(33)32-14-10-23(11-15-32)31-12-8-22(9-13-31)30(3)35(4,5)34/h18-19,21-23H,4,6-17H2,1-3,5H3,(H,27,28,29). The third-order valence-electron chi connectivity index (χ3n) is 8.54. The molecular weight excluding hydrogens is 460 g/mol. The Morgan fingerprint density at radius 2 is 1.83 bits per heavy atom. The summed E-state index contributed by atoms with van der Waals surface area (Å²) >= 11 is 0. The number of rotatable bonds is 7. The van der Waals surface area contributed by atoms with E-state index < -0.39 is 9.71 Å². The first-order valence-electron chi connectivity index (χ1n) is 13.3. The molecule has 1 saturated carbocycles. The van der Waals surface area contributed by atoms with Gasteiger partial charge in [0, 0.05) is 53.2 Å². The molecule has 4 rings (SSSR count). The minimum atomic E-state index is -2.15. The van der Waals surface area contributed by atoms with Crippen molar-refractivity contribution in [1.29, 1.82) is 0 Å². The third-order valence-corrected chi connectivity index (χ3v) is 10.1. The SMILES string of the molecule is C=S(C)(=O)N(C)C1CCN(C2CCN(C(=O)c3ncnc(NCC4CCC(C)C4)c3C)CC2)CC1. The molecule has 1 aliphatic carbocycles. The normalized spacial score (nSPS) is 26.7. The number of aromatic nitrogens is 2. The third kappa shape index (κ3) is 6.35. The number of nitrogens with one attached hydrogen (secondary N) is 1. The summed E-state index contributed by atoms with van der Waals surface area (Å²) in [7, 11) is -0.214. The van der Waals surface area contributed by atoms with Crippen LogP contribution in [0.3, 0.4) is 0 Å². The molecule has 9 heteroatoms. The highest BCUT2D eigenvalue weighted by molar-refractivity contribution is 7.97. The predicted octanol–water partition coefficient (Wildman–Crippen LogP) is 2.90. The highest BCUT2D eigenvalue weighted by atomic mass is 32.2. The lowest BCUT2D eigenvalue weighted by Crippen LogP contribution is -2.52. The van der Waals surface area contributed by atoms with Crippen molar-refractivity contribution in [3.05, 3.63) is 17.6 Å². The van der Waals surface area contributed by atoms with Gasteiger partial charge in [-0.25, -0.2) is 14.3 Å². The largest absolute Gasteiger partial charge is 0.369 e. The first-order valence-corrected chi connectivity index (χ1v) is 15.4. The van der Waals surface area contributed by atoms with Gasteiger partial charge in [-0.15, -0.1) is 0 Å². The van der Waals surface area contributed by atoms with Crippen LogP contribution < -0.4 is 5.32 Å². The van der Waals surface area contributed by atoms with Crippen LogP contribution in [0.25, 0.3) is 0 Å². The molecule has 1 aromatic rings. The summed E-state index contributed by atoms with van der Waals surface area (Å²) in [5.41, 5.74) is 1.38. The molecule has 35 heavy (non-hydrogen) atoms. The Hall–Kier alpha value is -1.71. The molecule has 0 bridgehead atoms. The number of hydrogen-bond donors (Lipinski definition) is 1. The monoisotopic (exact) mass is 504 g/mol. The molecule has 2 saturated heterocycles. The van der Waals surface area contributed by atoms with E-state index in [4.69, 9.17) is 0 Å². The van der Waals surface area contributed by atoms with E-state index in [1.807, 2.05) is 23.2 Å². The summed E-state index contributed by atoms with van der Waals surface area (Å²) in [6, 6.07) is 0.845. The first-order chi connectivity index (χ1) is 16.6. The number of carbonyl (C=O) groups is 1. The Morgan fingerprint density at radius 3 is 2.43 bits per heavy atom. The van der Waals surface area contributed by atoms with Gasteiger partial charge in [-0.3, -0.25) is 9.00 Å². The van der Waals surface area contributed by atoms with E-state index >= 15 is 0 Å². The van der Waals surface area contributed by atoms with Gasteiger partial charge >= 0.3 is 0 Å². The minimum absolute atomic E-state index is 0.0226. The first kappa shape index (κ1) is 26.4. The van der Waals surface area contributed by atoms with Crippen molar-refractivity contribution in [2.75, 3.05) is 51.3 Å². The van der Waals surface area contributed by atoms with Crippen LogP contribution in [0, 0.1) is 18.8 Å². The zero-order chi connectivity index (χ0) is 25.2. The lowest BCUT2D eigenvalue weighted by molar-refractivity contribution is 0.0544. The van der Waals surface area contributed by atoms with E-state index in [1.165, 1.54) is 25.6 Å². The van der Waals surface area contributed by atoms with E-state index in [1.54, 1.807) is 6.26 Å². The smallest absolute Gasteiger partial charge is 0.272 e. The second-order valence-corrected chi connectivity index (χ2v) is 13.7. The summed E-state index contributed by atoms with van der Waals surface area (Å²) in [5, 5.41) is 3.49. The van der Waals surface area contributed by atoms with Gasteiger partial charge in [-0.05, 0) is 83.3 Å². The molecule has 0 radical (unpaired) electrons. The van der Waals surface area contributed by atoms with Crippen LogP contribution >= 0.6 is 0 Å². The van der Waals surface area contributed by atoms with Crippen LogP contribution in [-0.2, 0) is 9.71 Å². The van der Waals surface area contributed by atoms with Crippen LogP contribution in [0.15, 0.2) is 6.33 Å². The second kappa shape index (κ2) is 11.1. The molecule has 3 unspecified atom stereocenters. The molecule has 3 fully saturated rings. The number of carbonyl (C=O) groups excluding carboxylic acids is 1. The van der Waals surface area contributed by atoms with Crippen molar-refractivity contribution in [3.8, 4) is 0 Å². The van der Waals surface area contributed by atoms with Crippen molar-refractivity contribution < 1.29 is 9.00 Å². The van der Waals surface area contributed by atoms with Crippen LogP contribution in [-0.4, -0.2) is 98.2 Å². The summed E-state index contributed by atoms with van der Waals surface area (Å²) in [5.74, 6) is 6.15. The number of likely N-dealkylation sites (tertiary alicyclic amines) is 2. The van der Waals surface area contributed by atoms with Crippen molar-refractivity contribution in [1.82, 2.24) is 24.1 Å². The number of nitrogens with zero attached hydrogens (tertiary/aromatic N) is 5. The maximum absolute atomic E-state index is 13.3. The molecule has 0 spiro atoms. The molecule has 3 atom stereocenters. The number of amides is 1. The maximum Gasteiger partial charge on any atom is 0.272 e. The summed E-state index contributed by atoms with van der Waals surface area (Å²) in [4.78, 5) is 26.7. The average molecular weight is 505 g/mol. The molecular formula is C26H44N6O2S. The van der Waals surface area contributed by atoms with E-state index in [9.17, 15) is 9.00 Å². The highest BCUT2D eigenvalue weighted by Gasteiger charge is 2.32. The van der Waals surface area contributed by atoms with Gasteiger partial charge in [0.05, 0.1) is 0 Å². The fourth-order valence-electron chi connectivity index (χ4n) is 6.11. The Balaban J connectivity index is 1.28. The van der Waals surface area contributed by atoms with Crippen molar-refractivity contribution in [3.63, 3.8) is 0 Å². The molecule has 3 aliphatic rings. The Bertz CT molecular complexity index is 984. The Morgan fingerprint density at radius 1 is 1.14 bits per heavy atom. The van der Waals surface area contributed by atoms with Gasteiger partial charge in [0.15, 0.2) is 0 Å². The van der Waals surface area contributed by atoms with Crippen molar-refractivity contribution >= 4 is 27.3 Å². The van der Waals surface area contributed by atoms with Gasteiger partial charge in [0.25, 0.3) is 5.91 Å². The molecule has 1 N–H and O–H groups in total. The zero-order valence-electron chi connectivity index (χ0n) is 22.0. The van der Waals surface area contributed by atoms with Crippen LogP contribution in [0.4, 0.5) is 5.82 Å². The van der Waals surface area contributed by atoms with E-state index in [2.05, 4.69) is 33.0 Å². The lowest BCUT2D eigenvalue weighted by Gasteiger charge is -2.43. The van der Waals surface area contributed by atoms with Crippen molar-refractivity contribution in [2.45, 2.75) is 70.9 Å². The topological polar surface area (TPSA) is 81.7 Å². The average Bonchev–Trinajstić information content (AvgIpc) is 3.27. The summed E-state index contributed by atoms with van der Waals surface area (Å²) in [6.07, 6.45) is 11.1. The number of piperidine rings is 2. The fourth-order valence-corrected chi connectivity index (χ4v) is 6.95. The Kier molecular flexibility index (Phi) is 8.38. The summed E-state index contributed by atoms with van der Waals surface area (Å²) < 4.78 is 14.3. The molecule has 0 aromatic carbocycles. The second-order valence-electron chi connectivity index (χ2n) is 11.2. The van der Waals surface area contributed by atoms with Gasteiger partial charge in [0.1, 0.15) is 17.8 Å². The van der Waals surface area contributed by atoms with E-state index in [-0.39, 0.29) is 5.91 Å².